The van der Waals surface area contributed by atoms with Gasteiger partial charge in [0.25, 0.3) is 0 Å². The molecule has 0 bridgehead atoms. The Balaban J connectivity index is 1.64. The fourth-order valence-electron chi connectivity index (χ4n) is 3.34. The van der Waals surface area contributed by atoms with Gasteiger partial charge in [-0.15, -0.1) is 0 Å². The van der Waals surface area contributed by atoms with Gasteiger partial charge in [-0.3, -0.25) is 4.79 Å². The monoisotopic (exact) mass is 395 g/mol. The van der Waals surface area contributed by atoms with E-state index in [9.17, 15) is 4.79 Å². The van der Waals surface area contributed by atoms with Crippen LogP contribution in [0.1, 0.15) is 32.0 Å². The maximum absolute atomic E-state index is 11.6. The molecular formula is C23H29N3O3. The van der Waals surface area contributed by atoms with Gasteiger partial charge < -0.3 is 19.4 Å². The zero-order chi connectivity index (χ0) is 20.5. The molecule has 0 spiro atoms. The van der Waals surface area contributed by atoms with Crippen LogP contribution < -0.4 is 14.8 Å². The van der Waals surface area contributed by atoms with Crippen LogP contribution in [0.2, 0.25) is 0 Å². The highest BCUT2D eigenvalue weighted by Crippen LogP contribution is 2.26. The number of imidazole rings is 1. The summed E-state index contributed by atoms with van der Waals surface area (Å²) in [6.07, 6.45) is 3.11. The number of aryl methyl sites for hydroxylation is 1. The molecule has 2 aromatic carbocycles. The van der Waals surface area contributed by atoms with E-state index in [2.05, 4.69) is 16.0 Å². The summed E-state index contributed by atoms with van der Waals surface area (Å²) in [5.74, 6) is 2.59. The predicted octanol–water partition coefficient (Wildman–Crippen LogP) is 3.97. The van der Waals surface area contributed by atoms with Crippen LogP contribution in [-0.2, 0) is 17.8 Å². The molecular weight excluding hydrogens is 366 g/mol. The highest BCUT2D eigenvalue weighted by molar-refractivity contribution is 5.76. The predicted molar refractivity (Wildman–Crippen MR) is 114 cm³/mol. The molecule has 0 saturated carbocycles. The number of methoxy groups -OCH3 is 1. The minimum atomic E-state index is 0.117. The van der Waals surface area contributed by atoms with Crippen LogP contribution in [0.25, 0.3) is 11.0 Å². The lowest BCUT2D eigenvalue weighted by Gasteiger charge is -2.13. The van der Waals surface area contributed by atoms with Gasteiger partial charge in [0.2, 0.25) is 5.91 Å². The molecule has 6 heteroatoms. The van der Waals surface area contributed by atoms with Crippen molar-refractivity contribution in [2.75, 3.05) is 20.3 Å². The Morgan fingerprint density at radius 1 is 1.10 bits per heavy atom. The number of aromatic nitrogens is 2. The van der Waals surface area contributed by atoms with E-state index in [1.807, 2.05) is 49.4 Å². The van der Waals surface area contributed by atoms with Crippen LogP contribution in [0.3, 0.4) is 0 Å². The van der Waals surface area contributed by atoms with Gasteiger partial charge in [0.1, 0.15) is 12.4 Å². The van der Waals surface area contributed by atoms with E-state index in [0.717, 1.165) is 47.6 Å². The standard InChI is InChI=1S/C23H29N3O3/c1-3-9-23(27)24-15-8-14-22-25-18-10-4-5-11-19(18)26(22)16-17-29-21-13-7-6-12-20(21)28-2/h4-7,10-13H,3,8-9,14-17H2,1-2H3,(H,24,27). The maximum Gasteiger partial charge on any atom is 0.219 e. The highest BCUT2D eigenvalue weighted by atomic mass is 16.5. The van der Waals surface area contributed by atoms with Gasteiger partial charge in [0.05, 0.1) is 24.7 Å². The lowest BCUT2D eigenvalue weighted by atomic mass is 10.2. The average molecular weight is 396 g/mol. The van der Waals surface area contributed by atoms with Crippen molar-refractivity contribution in [3.05, 3.63) is 54.4 Å². The molecule has 0 aliphatic heterocycles. The second-order valence-electron chi connectivity index (χ2n) is 6.87. The summed E-state index contributed by atoms with van der Waals surface area (Å²) in [5, 5.41) is 2.97. The van der Waals surface area contributed by atoms with Gasteiger partial charge in [0.15, 0.2) is 11.5 Å². The molecule has 154 valence electrons. The van der Waals surface area contributed by atoms with Crippen LogP contribution >= 0.6 is 0 Å². The number of carbonyl (C=O) groups excluding carboxylic acids is 1. The molecule has 1 heterocycles. The Morgan fingerprint density at radius 2 is 1.86 bits per heavy atom. The van der Waals surface area contributed by atoms with Crippen LogP contribution in [0.15, 0.2) is 48.5 Å². The van der Waals surface area contributed by atoms with Crippen molar-refractivity contribution in [1.82, 2.24) is 14.9 Å². The van der Waals surface area contributed by atoms with Crippen molar-refractivity contribution in [2.24, 2.45) is 0 Å². The molecule has 0 fully saturated rings. The summed E-state index contributed by atoms with van der Waals surface area (Å²) in [7, 11) is 1.64. The molecule has 1 amide bonds. The van der Waals surface area contributed by atoms with Gasteiger partial charge in [-0.05, 0) is 37.1 Å². The normalized spacial score (nSPS) is 10.8. The molecule has 0 aliphatic carbocycles. The molecule has 6 nitrogen and oxygen atoms in total. The van der Waals surface area contributed by atoms with Gasteiger partial charge in [-0.1, -0.05) is 31.2 Å². The van der Waals surface area contributed by atoms with E-state index >= 15 is 0 Å². The maximum atomic E-state index is 11.6. The first-order chi connectivity index (χ1) is 14.2. The van der Waals surface area contributed by atoms with Gasteiger partial charge in [-0.25, -0.2) is 4.98 Å². The smallest absolute Gasteiger partial charge is 0.219 e. The Bertz CT molecular complexity index is 936. The second-order valence-corrected chi connectivity index (χ2v) is 6.87. The van der Waals surface area contributed by atoms with E-state index in [4.69, 9.17) is 14.5 Å². The van der Waals surface area contributed by atoms with Crippen molar-refractivity contribution < 1.29 is 14.3 Å². The molecule has 1 aromatic heterocycles. The van der Waals surface area contributed by atoms with E-state index in [1.165, 1.54) is 0 Å². The van der Waals surface area contributed by atoms with Gasteiger partial charge >= 0.3 is 0 Å². The molecule has 1 N–H and O–H groups in total. The summed E-state index contributed by atoms with van der Waals surface area (Å²) in [4.78, 5) is 16.4. The van der Waals surface area contributed by atoms with Gasteiger partial charge in [0, 0.05) is 19.4 Å². The molecule has 29 heavy (non-hydrogen) atoms. The Hall–Kier alpha value is -3.02. The Labute approximate surface area is 171 Å². The first-order valence-corrected chi connectivity index (χ1v) is 10.2. The number of rotatable bonds is 11. The summed E-state index contributed by atoms with van der Waals surface area (Å²) in [5.41, 5.74) is 2.08. The van der Waals surface area contributed by atoms with Crippen molar-refractivity contribution in [3.63, 3.8) is 0 Å². The fourth-order valence-corrected chi connectivity index (χ4v) is 3.34. The number of nitrogens with one attached hydrogen (secondary N) is 1. The zero-order valence-electron chi connectivity index (χ0n) is 17.2. The third kappa shape index (κ3) is 5.50. The highest BCUT2D eigenvalue weighted by Gasteiger charge is 2.11. The number of ether oxygens (including phenoxy) is 2. The molecule has 3 aromatic rings. The summed E-state index contributed by atoms with van der Waals surface area (Å²) in [6, 6.07) is 15.8. The minimum absolute atomic E-state index is 0.117. The molecule has 0 saturated heterocycles. The number of nitrogens with zero attached hydrogens (tertiary/aromatic N) is 2. The van der Waals surface area contributed by atoms with Crippen molar-refractivity contribution in [2.45, 2.75) is 39.2 Å². The number of carbonyl (C=O) groups is 1. The molecule has 3 rings (SSSR count). The summed E-state index contributed by atoms with van der Waals surface area (Å²) in [6.45, 7) is 3.88. The van der Waals surface area contributed by atoms with E-state index in [-0.39, 0.29) is 5.91 Å². The number of hydrogen-bond acceptors (Lipinski definition) is 4. The number of para-hydroxylation sites is 4. The van der Waals surface area contributed by atoms with E-state index < -0.39 is 0 Å². The average Bonchev–Trinajstić information content (AvgIpc) is 3.09. The van der Waals surface area contributed by atoms with Crippen LogP contribution in [0.5, 0.6) is 11.5 Å². The quantitative estimate of drug-likeness (QED) is 0.499. The van der Waals surface area contributed by atoms with E-state index in [1.54, 1.807) is 7.11 Å². The SMILES string of the molecule is CCCC(=O)NCCCc1nc2ccccc2n1CCOc1ccccc1OC. The minimum Gasteiger partial charge on any atom is -0.493 e. The third-order valence-corrected chi connectivity index (χ3v) is 4.75. The summed E-state index contributed by atoms with van der Waals surface area (Å²) < 4.78 is 13.5. The third-order valence-electron chi connectivity index (χ3n) is 4.75. The van der Waals surface area contributed by atoms with Crippen LogP contribution in [0, 0.1) is 0 Å². The van der Waals surface area contributed by atoms with Crippen LogP contribution in [-0.4, -0.2) is 35.7 Å². The van der Waals surface area contributed by atoms with Crippen molar-refractivity contribution >= 4 is 16.9 Å². The largest absolute Gasteiger partial charge is 0.493 e. The van der Waals surface area contributed by atoms with E-state index in [0.29, 0.717) is 26.1 Å². The molecule has 0 radical (unpaired) electrons. The molecule has 0 aliphatic rings. The molecule has 0 atom stereocenters. The number of benzene rings is 2. The van der Waals surface area contributed by atoms with Crippen molar-refractivity contribution in [1.29, 1.82) is 0 Å². The second kappa shape index (κ2) is 10.5. The van der Waals surface area contributed by atoms with Crippen LogP contribution in [0.4, 0.5) is 0 Å². The fraction of sp³-hybridized carbons (Fsp3) is 0.391. The summed E-state index contributed by atoms with van der Waals surface area (Å²) >= 11 is 0. The number of amides is 1. The number of hydrogen-bond donors (Lipinski definition) is 1. The van der Waals surface area contributed by atoms with Gasteiger partial charge in [-0.2, -0.15) is 0 Å². The molecule has 0 unspecified atom stereocenters. The first kappa shape index (κ1) is 20.7. The van der Waals surface area contributed by atoms with Crippen molar-refractivity contribution in [3.8, 4) is 11.5 Å². The lowest BCUT2D eigenvalue weighted by molar-refractivity contribution is -0.121. The zero-order valence-corrected chi connectivity index (χ0v) is 17.2. The lowest BCUT2D eigenvalue weighted by Crippen LogP contribution is -2.24. The topological polar surface area (TPSA) is 65.4 Å². The number of fused-ring (bicyclic) bond motifs is 1. The Morgan fingerprint density at radius 3 is 2.66 bits per heavy atom. The first-order valence-electron chi connectivity index (χ1n) is 10.2. The Kier molecular flexibility index (Phi) is 7.50.